The van der Waals surface area contributed by atoms with Crippen LogP contribution in [0.3, 0.4) is 0 Å². The van der Waals surface area contributed by atoms with Gasteiger partial charge in [-0.05, 0) is 12.1 Å². The number of pyridine rings is 1. The number of esters is 2. The molecule has 3 aromatic heterocycles. The Morgan fingerprint density at radius 3 is 2.52 bits per heavy atom. The van der Waals surface area contributed by atoms with E-state index >= 15 is 0 Å². The number of primary amides is 1. The quantitative estimate of drug-likeness (QED) is 0.664. The Labute approximate surface area is 144 Å². The van der Waals surface area contributed by atoms with E-state index in [9.17, 15) is 14.4 Å². The molecule has 11 heteroatoms. The molecule has 0 aliphatic carbocycles. The summed E-state index contributed by atoms with van der Waals surface area (Å²) in [6.07, 6.45) is 1.44. The number of carbonyl (C=O) groups excluding carboxylic acids is 3. The molecule has 0 saturated heterocycles. The number of nitrogens with two attached hydrogens (primary N) is 1. The molecule has 2 N–H and O–H groups in total. The van der Waals surface area contributed by atoms with E-state index < -0.39 is 17.8 Å². The number of aromatic nitrogens is 4. The van der Waals surface area contributed by atoms with Crippen LogP contribution in [-0.2, 0) is 9.47 Å². The predicted molar refractivity (Wildman–Crippen MR) is 85.3 cm³/mol. The maximum atomic E-state index is 12.2. The van der Waals surface area contributed by atoms with Crippen LogP contribution in [0, 0.1) is 0 Å². The first kappa shape index (κ1) is 16.5. The van der Waals surface area contributed by atoms with Crippen LogP contribution in [0.1, 0.15) is 30.5 Å². The van der Waals surface area contributed by atoms with Crippen molar-refractivity contribution in [3.8, 4) is 11.5 Å². The van der Waals surface area contributed by atoms with Crippen molar-refractivity contribution >= 4 is 34.1 Å². The summed E-state index contributed by atoms with van der Waals surface area (Å²) < 4.78 is 10.7. The van der Waals surface area contributed by atoms with Crippen LogP contribution in [0.25, 0.3) is 16.5 Å². The number of carbonyl (C=O) groups is 3. The molecular formula is C14H11N5O5S. The van der Waals surface area contributed by atoms with Crippen LogP contribution in [0.5, 0.6) is 0 Å². The summed E-state index contributed by atoms with van der Waals surface area (Å²) in [7, 11) is 2.36. The molecule has 3 heterocycles. The van der Waals surface area contributed by atoms with E-state index in [-0.39, 0.29) is 32.6 Å². The summed E-state index contributed by atoms with van der Waals surface area (Å²) in [4.78, 5) is 40.2. The first-order valence-electron chi connectivity index (χ1n) is 6.79. The number of amides is 1. The van der Waals surface area contributed by atoms with E-state index in [0.29, 0.717) is 0 Å². The fraction of sp³-hybridized carbons (Fsp3) is 0.143. The predicted octanol–water partition coefficient (Wildman–Crippen LogP) is 0.525. The van der Waals surface area contributed by atoms with Gasteiger partial charge in [-0.15, -0.1) is 10.2 Å². The zero-order chi connectivity index (χ0) is 18.1. The maximum Gasteiger partial charge on any atom is 0.356 e. The first-order chi connectivity index (χ1) is 12.0. The molecule has 0 aliphatic rings. The van der Waals surface area contributed by atoms with Crippen LogP contribution in [0.15, 0.2) is 18.3 Å². The third kappa shape index (κ3) is 2.59. The third-order valence-corrected chi connectivity index (χ3v) is 4.31. The molecule has 3 rings (SSSR count). The molecule has 128 valence electrons. The molecule has 1 amide bonds. The first-order valence-corrected chi connectivity index (χ1v) is 7.61. The number of methoxy groups -OCH3 is 2. The maximum absolute atomic E-state index is 12.2. The number of hydrogen-bond acceptors (Lipinski definition) is 9. The zero-order valence-electron chi connectivity index (χ0n) is 13.0. The molecule has 0 aliphatic heterocycles. The Balaban J connectivity index is 2.36. The number of ether oxygens (including phenoxy) is 2. The average molecular weight is 361 g/mol. The largest absolute Gasteiger partial charge is 0.465 e. The summed E-state index contributed by atoms with van der Waals surface area (Å²) in [6.45, 7) is 0. The minimum Gasteiger partial charge on any atom is -0.465 e. The molecule has 3 aromatic rings. The second-order valence-electron chi connectivity index (χ2n) is 4.67. The van der Waals surface area contributed by atoms with E-state index in [1.54, 1.807) is 0 Å². The molecule has 10 nitrogen and oxygen atoms in total. The minimum absolute atomic E-state index is 0.00273. The number of nitrogens with zero attached hydrogens (tertiary/aromatic N) is 4. The third-order valence-electron chi connectivity index (χ3n) is 3.30. The topological polar surface area (TPSA) is 139 Å². The lowest BCUT2D eigenvalue weighted by Gasteiger charge is -2.05. The number of rotatable bonds is 4. The molecule has 0 radical (unpaired) electrons. The van der Waals surface area contributed by atoms with E-state index in [1.165, 1.54) is 36.9 Å². The Hall–Kier alpha value is -3.34. The number of thiazole rings is 1. The van der Waals surface area contributed by atoms with Crippen LogP contribution >= 0.6 is 11.3 Å². The Morgan fingerprint density at radius 1 is 1.16 bits per heavy atom. The minimum atomic E-state index is -0.788. The average Bonchev–Trinajstić information content (AvgIpc) is 3.19. The smallest absolute Gasteiger partial charge is 0.356 e. The van der Waals surface area contributed by atoms with Crippen molar-refractivity contribution in [2.75, 3.05) is 14.2 Å². The fourth-order valence-corrected chi connectivity index (χ4v) is 3.20. The van der Waals surface area contributed by atoms with Crippen LogP contribution in [-0.4, -0.2) is 51.6 Å². The second kappa shape index (κ2) is 6.28. The molecule has 0 fully saturated rings. The number of hydrogen-bond donors (Lipinski definition) is 1. The summed E-state index contributed by atoms with van der Waals surface area (Å²) in [5.41, 5.74) is 5.47. The standard InChI is InChI=1S/C14H11N5O5S/c1-23-12(21)8-9(13(22)24-2)25-14-18-17-11(19(8)14)7-6(10(15)20)4-3-5-16-7/h3-5H,1-2H3,(H2,15,20). The SMILES string of the molecule is COC(=O)c1sc2nnc(-c3ncccc3C(N)=O)n2c1C(=O)OC. The normalized spacial score (nSPS) is 10.6. The van der Waals surface area contributed by atoms with E-state index in [1.807, 2.05) is 0 Å². The van der Waals surface area contributed by atoms with Crippen molar-refractivity contribution in [1.29, 1.82) is 0 Å². The fourth-order valence-electron chi connectivity index (χ4n) is 2.23. The van der Waals surface area contributed by atoms with Crippen molar-refractivity contribution in [1.82, 2.24) is 19.6 Å². The highest BCUT2D eigenvalue weighted by molar-refractivity contribution is 7.19. The van der Waals surface area contributed by atoms with Crippen LogP contribution < -0.4 is 5.73 Å². The summed E-state index contributed by atoms with van der Waals surface area (Å²) in [6, 6.07) is 3.01. The van der Waals surface area contributed by atoms with Crippen molar-refractivity contribution in [2.24, 2.45) is 5.73 Å². The highest BCUT2D eigenvalue weighted by atomic mass is 32.1. The Kier molecular flexibility index (Phi) is 4.15. The zero-order valence-corrected chi connectivity index (χ0v) is 13.9. The van der Waals surface area contributed by atoms with Gasteiger partial charge in [-0.3, -0.25) is 14.2 Å². The van der Waals surface area contributed by atoms with Gasteiger partial charge in [0, 0.05) is 6.20 Å². The van der Waals surface area contributed by atoms with Gasteiger partial charge >= 0.3 is 11.9 Å². The van der Waals surface area contributed by atoms with Gasteiger partial charge in [0.25, 0.3) is 5.91 Å². The lowest BCUT2D eigenvalue weighted by atomic mass is 10.1. The highest BCUT2D eigenvalue weighted by Gasteiger charge is 2.30. The van der Waals surface area contributed by atoms with Gasteiger partial charge in [-0.25, -0.2) is 9.59 Å². The van der Waals surface area contributed by atoms with Gasteiger partial charge in [-0.2, -0.15) is 0 Å². The summed E-state index contributed by atoms with van der Waals surface area (Å²) >= 11 is 0.900. The van der Waals surface area contributed by atoms with Crippen molar-refractivity contribution in [2.45, 2.75) is 0 Å². The van der Waals surface area contributed by atoms with E-state index in [0.717, 1.165) is 11.3 Å². The van der Waals surface area contributed by atoms with Crippen molar-refractivity contribution in [3.63, 3.8) is 0 Å². The van der Waals surface area contributed by atoms with Crippen LogP contribution in [0.2, 0.25) is 0 Å². The van der Waals surface area contributed by atoms with Gasteiger partial charge in [-0.1, -0.05) is 11.3 Å². The molecule has 0 aromatic carbocycles. The molecular weight excluding hydrogens is 350 g/mol. The molecule has 0 unspecified atom stereocenters. The van der Waals surface area contributed by atoms with E-state index in [2.05, 4.69) is 15.2 Å². The molecule has 0 atom stereocenters. The van der Waals surface area contributed by atoms with Crippen LogP contribution in [0.4, 0.5) is 0 Å². The van der Waals surface area contributed by atoms with Crippen molar-refractivity contribution < 1.29 is 23.9 Å². The number of fused-ring (bicyclic) bond motifs is 1. The molecule has 0 spiro atoms. The highest BCUT2D eigenvalue weighted by Crippen LogP contribution is 2.29. The monoisotopic (exact) mass is 361 g/mol. The van der Waals surface area contributed by atoms with Gasteiger partial charge in [0.2, 0.25) is 4.96 Å². The lowest BCUT2D eigenvalue weighted by Crippen LogP contribution is -2.15. The molecule has 0 saturated carbocycles. The van der Waals surface area contributed by atoms with Gasteiger partial charge in [0.1, 0.15) is 10.6 Å². The molecule has 25 heavy (non-hydrogen) atoms. The second-order valence-corrected chi connectivity index (χ2v) is 5.65. The Bertz CT molecular complexity index is 1010. The lowest BCUT2D eigenvalue weighted by molar-refractivity contribution is 0.0553. The van der Waals surface area contributed by atoms with Gasteiger partial charge < -0.3 is 15.2 Å². The summed E-state index contributed by atoms with van der Waals surface area (Å²) in [5, 5.41) is 7.90. The van der Waals surface area contributed by atoms with Crippen molar-refractivity contribution in [3.05, 3.63) is 34.5 Å². The summed E-state index contributed by atoms with van der Waals surface area (Å²) in [5.74, 6) is -2.15. The molecule has 0 bridgehead atoms. The Morgan fingerprint density at radius 2 is 1.88 bits per heavy atom. The van der Waals surface area contributed by atoms with Gasteiger partial charge in [0.15, 0.2) is 11.5 Å². The van der Waals surface area contributed by atoms with Gasteiger partial charge in [0.05, 0.1) is 19.8 Å². The van der Waals surface area contributed by atoms with E-state index in [4.69, 9.17) is 15.2 Å².